The molecule has 100 valence electrons. The van der Waals surface area contributed by atoms with Gasteiger partial charge in [-0.1, -0.05) is 0 Å². The molecule has 4 nitrogen and oxygen atoms in total. The predicted molar refractivity (Wildman–Crippen MR) is 70.5 cm³/mol. The second-order valence-electron chi connectivity index (χ2n) is 4.83. The Kier molecular flexibility index (Phi) is 3.78. The average molecular weight is 251 g/mol. The lowest BCUT2D eigenvalue weighted by atomic mass is 9.75. The van der Waals surface area contributed by atoms with E-state index in [2.05, 4.69) is 6.07 Å². The molecule has 0 amide bonds. The average Bonchev–Trinajstić information content (AvgIpc) is 2.33. The van der Waals surface area contributed by atoms with Crippen molar-refractivity contribution in [2.45, 2.75) is 18.8 Å². The molecule has 0 bridgehead atoms. The van der Waals surface area contributed by atoms with Gasteiger partial charge in [0, 0.05) is 11.0 Å². The van der Waals surface area contributed by atoms with Crippen LogP contribution in [0.25, 0.3) is 0 Å². The van der Waals surface area contributed by atoms with Crippen LogP contribution < -0.4 is 15.2 Å². The molecule has 4 heteroatoms. The Morgan fingerprint density at radius 3 is 2.33 bits per heavy atom. The van der Waals surface area contributed by atoms with Crippen LogP contribution >= 0.6 is 0 Å². The van der Waals surface area contributed by atoms with E-state index in [0.717, 1.165) is 29.0 Å². The molecule has 2 rings (SSSR count). The summed E-state index contributed by atoms with van der Waals surface area (Å²) in [6.07, 6.45) is 0.898. The summed E-state index contributed by atoms with van der Waals surface area (Å²) in [6, 6.07) is 4.08. The van der Waals surface area contributed by atoms with Gasteiger partial charge in [-0.2, -0.15) is 0 Å². The number of aryl methyl sites for hydroxylation is 1. The minimum absolute atomic E-state index is 0.0128. The van der Waals surface area contributed by atoms with Gasteiger partial charge in [0.15, 0.2) is 0 Å². The summed E-state index contributed by atoms with van der Waals surface area (Å²) >= 11 is 0. The summed E-state index contributed by atoms with van der Waals surface area (Å²) in [4.78, 5) is 0. The summed E-state index contributed by atoms with van der Waals surface area (Å²) in [6.45, 7) is 4.06. The molecule has 0 saturated carbocycles. The summed E-state index contributed by atoms with van der Waals surface area (Å²) in [5.74, 6) is 1.78. The number of ether oxygens (including phenoxy) is 3. The summed E-state index contributed by atoms with van der Waals surface area (Å²) in [5.41, 5.74) is 7.93. The number of nitrogens with two attached hydrogens (primary N) is 1. The SMILES string of the molecule is COc1cc(C2(CCN)COC2)c(OC)cc1C. The maximum absolute atomic E-state index is 5.73. The van der Waals surface area contributed by atoms with Crippen LogP contribution in [-0.2, 0) is 10.2 Å². The molecule has 1 fully saturated rings. The fraction of sp³-hybridized carbons (Fsp3) is 0.571. The summed E-state index contributed by atoms with van der Waals surface area (Å²) < 4.78 is 16.3. The zero-order valence-corrected chi connectivity index (χ0v) is 11.3. The number of methoxy groups -OCH3 is 2. The van der Waals surface area contributed by atoms with E-state index in [4.69, 9.17) is 19.9 Å². The van der Waals surface area contributed by atoms with Gasteiger partial charge < -0.3 is 19.9 Å². The summed E-state index contributed by atoms with van der Waals surface area (Å²) in [7, 11) is 3.38. The minimum atomic E-state index is -0.0128. The molecule has 0 aliphatic carbocycles. The number of rotatable bonds is 5. The Morgan fingerprint density at radius 1 is 1.22 bits per heavy atom. The van der Waals surface area contributed by atoms with Gasteiger partial charge in [0.2, 0.25) is 0 Å². The highest BCUT2D eigenvalue weighted by atomic mass is 16.5. The molecule has 2 N–H and O–H groups in total. The van der Waals surface area contributed by atoms with Gasteiger partial charge in [-0.25, -0.2) is 0 Å². The van der Waals surface area contributed by atoms with E-state index in [9.17, 15) is 0 Å². The van der Waals surface area contributed by atoms with Crippen LogP contribution in [-0.4, -0.2) is 34.0 Å². The van der Waals surface area contributed by atoms with Crippen molar-refractivity contribution < 1.29 is 14.2 Å². The first kappa shape index (κ1) is 13.2. The first-order valence-electron chi connectivity index (χ1n) is 6.18. The molecular formula is C14H21NO3. The van der Waals surface area contributed by atoms with Crippen molar-refractivity contribution in [3.05, 3.63) is 23.3 Å². The summed E-state index contributed by atoms with van der Waals surface area (Å²) in [5, 5.41) is 0. The lowest BCUT2D eigenvalue weighted by Gasteiger charge is -2.42. The third-order valence-electron chi connectivity index (χ3n) is 3.67. The van der Waals surface area contributed by atoms with Crippen LogP contribution in [0.4, 0.5) is 0 Å². The lowest BCUT2D eigenvalue weighted by molar-refractivity contribution is -0.0640. The zero-order valence-electron chi connectivity index (χ0n) is 11.3. The fourth-order valence-corrected chi connectivity index (χ4v) is 2.52. The molecule has 1 aliphatic rings. The molecule has 0 aromatic heterocycles. The second kappa shape index (κ2) is 5.16. The van der Waals surface area contributed by atoms with Crippen molar-refractivity contribution in [2.75, 3.05) is 34.0 Å². The van der Waals surface area contributed by atoms with Crippen molar-refractivity contribution in [1.29, 1.82) is 0 Å². The van der Waals surface area contributed by atoms with Crippen LogP contribution in [0.1, 0.15) is 17.5 Å². The van der Waals surface area contributed by atoms with E-state index in [1.54, 1.807) is 14.2 Å². The molecule has 1 aliphatic heterocycles. The first-order valence-corrected chi connectivity index (χ1v) is 6.18. The Labute approximate surface area is 108 Å². The second-order valence-corrected chi connectivity index (χ2v) is 4.83. The quantitative estimate of drug-likeness (QED) is 0.864. The highest BCUT2D eigenvalue weighted by molar-refractivity contribution is 5.50. The van der Waals surface area contributed by atoms with Crippen LogP contribution in [0.2, 0.25) is 0 Å². The standard InChI is InChI=1S/C14H21NO3/c1-10-6-13(17-3)11(7-12(10)16-2)14(4-5-15)8-18-9-14/h6-7H,4-5,8-9,15H2,1-3H3. The van der Waals surface area contributed by atoms with Crippen LogP contribution in [0.15, 0.2) is 12.1 Å². The first-order chi connectivity index (χ1) is 8.66. The maximum Gasteiger partial charge on any atom is 0.123 e. The van der Waals surface area contributed by atoms with E-state index < -0.39 is 0 Å². The Hall–Kier alpha value is -1.26. The molecule has 18 heavy (non-hydrogen) atoms. The van der Waals surface area contributed by atoms with E-state index in [0.29, 0.717) is 19.8 Å². The molecule has 1 aromatic carbocycles. The molecular weight excluding hydrogens is 230 g/mol. The Balaban J connectivity index is 2.47. The van der Waals surface area contributed by atoms with Crippen LogP contribution in [0.5, 0.6) is 11.5 Å². The van der Waals surface area contributed by atoms with Gasteiger partial charge in [-0.15, -0.1) is 0 Å². The molecule has 0 radical (unpaired) electrons. The van der Waals surface area contributed by atoms with Gasteiger partial charge in [-0.3, -0.25) is 0 Å². The monoisotopic (exact) mass is 251 g/mol. The number of hydrogen-bond acceptors (Lipinski definition) is 4. The number of hydrogen-bond donors (Lipinski definition) is 1. The van der Waals surface area contributed by atoms with E-state index in [1.807, 2.05) is 13.0 Å². The Morgan fingerprint density at radius 2 is 1.89 bits per heavy atom. The van der Waals surface area contributed by atoms with Crippen molar-refractivity contribution in [1.82, 2.24) is 0 Å². The smallest absolute Gasteiger partial charge is 0.123 e. The zero-order chi connectivity index (χ0) is 13.2. The van der Waals surface area contributed by atoms with E-state index in [-0.39, 0.29) is 5.41 Å². The van der Waals surface area contributed by atoms with Gasteiger partial charge in [-0.05, 0) is 37.6 Å². The molecule has 1 heterocycles. The predicted octanol–water partition coefficient (Wildman–Crippen LogP) is 1.63. The molecule has 0 spiro atoms. The van der Waals surface area contributed by atoms with Crippen molar-refractivity contribution in [3.8, 4) is 11.5 Å². The third kappa shape index (κ3) is 2.06. The highest BCUT2D eigenvalue weighted by Crippen LogP contribution is 2.43. The third-order valence-corrected chi connectivity index (χ3v) is 3.67. The topological polar surface area (TPSA) is 53.7 Å². The highest BCUT2D eigenvalue weighted by Gasteiger charge is 2.42. The van der Waals surface area contributed by atoms with Gasteiger partial charge in [0.1, 0.15) is 11.5 Å². The van der Waals surface area contributed by atoms with Crippen molar-refractivity contribution in [3.63, 3.8) is 0 Å². The van der Waals surface area contributed by atoms with Crippen molar-refractivity contribution >= 4 is 0 Å². The molecule has 1 aromatic rings. The molecule has 0 atom stereocenters. The van der Waals surface area contributed by atoms with Gasteiger partial charge >= 0.3 is 0 Å². The van der Waals surface area contributed by atoms with Crippen LogP contribution in [0, 0.1) is 6.92 Å². The Bertz CT molecular complexity index is 427. The fourth-order valence-electron chi connectivity index (χ4n) is 2.52. The van der Waals surface area contributed by atoms with Gasteiger partial charge in [0.05, 0.1) is 27.4 Å². The lowest BCUT2D eigenvalue weighted by Crippen LogP contribution is -2.48. The normalized spacial score (nSPS) is 17.1. The maximum atomic E-state index is 5.73. The minimum Gasteiger partial charge on any atom is -0.496 e. The largest absolute Gasteiger partial charge is 0.496 e. The molecule has 1 saturated heterocycles. The van der Waals surface area contributed by atoms with Gasteiger partial charge in [0.25, 0.3) is 0 Å². The van der Waals surface area contributed by atoms with Crippen molar-refractivity contribution in [2.24, 2.45) is 5.73 Å². The van der Waals surface area contributed by atoms with Crippen LogP contribution in [0.3, 0.4) is 0 Å². The number of benzene rings is 1. The molecule has 0 unspecified atom stereocenters. The van der Waals surface area contributed by atoms with E-state index in [1.165, 1.54) is 0 Å². The van der Waals surface area contributed by atoms with E-state index >= 15 is 0 Å².